The van der Waals surface area contributed by atoms with Crippen LogP contribution in [0.25, 0.3) is 0 Å². The first-order valence-electron chi connectivity index (χ1n) is 5.41. The van der Waals surface area contributed by atoms with Gasteiger partial charge in [0.2, 0.25) is 0 Å². The number of ether oxygens (including phenoxy) is 1. The van der Waals surface area contributed by atoms with Crippen molar-refractivity contribution in [3.8, 4) is 11.5 Å². The van der Waals surface area contributed by atoms with Gasteiger partial charge in [0.1, 0.15) is 18.1 Å². The minimum Gasteiger partial charge on any atom is -0.507 e. The maximum atomic E-state index is 9.68. The van der Waals surface area contributed by atoms with E-state index in [4.69, 9.17) is 9.94 Å². The summed E-state index contributed by atoms with van der Waals surface area (Å²) in [7, 11) is 0. The van der Waals surface area contributed by atoms with Crippen LogP contribution in [-0.4, -0.2) is 33.8 Å². The van der Waals surface area contributed by atoms with Gasteiger partial charge in [0.15, 0.2) is 0 Å². The summed E-state index contributed by atoms with van der Waals surface area (Å²) in [5, 5.41) is 30.6. The Morgan fingerprint density at radius 1 is 1.47 bits per heavy atom. The number of oxime groups is 1. The number of hydrogen-bond donors (Lipinski definition) is 3. The average Bonchev–Trinajstić information content (AvgIpc) is 2.35. The van der Waals surface area contributed by atoms with E-state index in [1.165, 1.54) is 6.07 Å². The lowest BCUT2D eigenvalue weighted by Crippen LogP contribution is -2.16. The fourth-order valence-corrected chi connectivity index (χ4v) is 1.27. The molecule has 0 saturated heterocycles. The quantitative estimate of drug-likeness (QED) is 0.415. The van der Waals surface area contributed by atoms with Crippen LogP contribution in [0.15, 0.2) is 23.4 Å². The summed E-state index contributed by atoms with van der Waals surface area (Å²) in [4.78, 5) is 0. The number of aliphatic hydroxyl groups is 1. The van der Waals surface area contributed by atoms with Crippen molar-refractivity contribution in [1.82, 2.24) is 0 Å². The highest BCUT2D eigenvalue weighted by Crippen LogP contribution is 2.24. The SMILES string of the molecule is CC[C@H](O)COc1ccc(/C(C)=N\O)c(O)c1. The predicted octanol–water partition coefficient (Wildman–Crippen LogP) is 1.74. The summed E-state index contributed by atoms with van der Waals surface area (Å²) in [6, 6.07) is 4.66. The lowest BCUT2D eigenvalue weighted by Gasteiger charge is -2.11. The first-order chi connectivity index (χ1) is 8.08. The van der Waals surface area contributed by atoms with Crippen molar-refractivity contribution in [2.75, 3.05) is 6.61 Å². The number of phenols is 1. The van der Waals surface area contributed by atoms with Gasteiger partial charge >= 0.3 is 0 Å². The number of rotatable bonds is 5. The molecule has 0 heterocycles. The Hall–Kier alpha value is -1.75. The average molecular weight is 239 g/mol. The molecule has 1 aromatic rings. The molecule has 0 unspecified atom stereocenters. The Balaban J connectivity index is 2.75. The first-order valence-corrected chi connectivity index (χ1v) is 5.41. The van der Waals surface area contributed by atoms with Crippen molar-refractivity contribution in [3.63, 3.8) is 0 Å². The van der Waals surface area contributed by atoms with Crippen molar-refractivity contribution in [1.29, 1.82) is 0 Å². The van der Waals surface area contributed by atoms with Gasteiger partial charge in [0.25, 0.3) is 0 Å². The van der Waals surface area contributed by atoms with Crippen molar-refractivity contribution >= 4 is 5.71 Å². The van der Waals surface area contributed by atoms with Crippen molar-refractivity contribution < 1.29 is 20.2 Å². The van der Waals surface area contributed by atoms with Gasteiger partial charge in [0.05, 0.1) is 11.8 Å². The smallest absolute Gasteiger partial charge is 0.128 e. The maximum absolute atomic E-state index is 9.68. The van der Waals surface area contributed by atoms with Crippen LogP contribution >= 0.6 is 0 Å². The summed E-state index contributed by atoms with van der Waals surface area (Å²) < 4.78 is 5.30. The zero-order chi connectivity index (χ0) is 12.8. The molecule has 17 heavy (non-hydrogen) atoms. The van der Waals surface area contributed by atoms with Crippen LogP contribution in [0.4, 0.5) is 0 Å². The molecule has 0 spiro atoms. The maximum Gasteiger partial charge on any atom is 0.128 e. The van der Waals surface area contributed by atoms with E-state index in [1.54, 1.807) is 19.1 Å². The minimum absolute atomic E-state index is 0.0243. The lowest BCUT2D eigenvalue weighted by atomic mass is 10.1. The Labute approximate surface area is 100.0 Å². The monoisotopic (exact) mass is 239 g/mol. The fourth-order valence-electron chi connectivity index (χ4n) is 1.27. The van der Waals surface area contributed by atoms with E-state index in [1.807, 2.05) is 6.92 Å². The molecule has 0 aliphatic carbocycles. The van der Waals surface area contributed by atoms with Crippen LogP contribution in [0, 0.1) is 0 Å². The molecular formula is C12H17NO4. The van der Waals surface area contributed by atoms with E-state index >= 15 is 0 Å². The van der Waals surface area contributed by atoms with Crippen molar-refractivity contribution in [3.05, 3.63) is 23.8 Å². The van der Waals surface area contributed by atoms with Gasteiger partial charge < -0.3 is 20.2 Å². The van der Waals surface area contributed by atoms with E-state index in [0.717, 1.165) is 0 Å². The van der Waals surface area contributed by atoms with Crippen LogP contribution < -0.4 is 4.74 Å². The highest BCUT2D eigenvalue weighted by atomic mass is 16.5. The number of nitrogens with zero attached hydrogens (tertiary/aromatic N) is 1. The Morgan fingerprint density at radius 3 is 2.71 bits per heavy atom. The third-order valence-corrected chi connectivity index (χ3v) is 2.42. The van der Waals surface area contributed by atoms with Gasteiger partial charge in [-0.25, -0.2) is 0 Å². The number of aromatic hydroxyl groups is 1. The third kappa shape index (κ3) is 3.64. The highest BCUT2D eigenvalue weighted by molar-refractivity contribution is 6.00. The van der Waals surface area contributed by atoms with Crippen LogP contribution in [0.1, 0.15) is 25.8 Å². The van der Waals surface area contributed by atoms with E-state index < -0.39 is 6.10 Å². The Bertz CT molecular complexity index is 403. The van der Waals surface area contributed by atoms with E-state index in [0.29, 0.717) is 23.4 Å². The zero-order valence-electron chi connectivity index (χ0n) is 9.92. The largest absolute Gasteiger partial charge is 0.507 e. The second-order valence-corrected chi connectivity index (χ2v) is 3.74. The second kappa shape index (κ2) is 6.10. The fraction of sp³-hybridized carbons (Fsp3) is 0.417. The molecule has 3 N–H and O–H groups in total. The van der Waals surface area contributed by atoms with Gasteiger partial charge in [-0.15, -0.1) is 0 Å². The number of hydrogen-bond acceptors (Lipinski definition) is 5. The van der Waals surface area contributed by atoms with E-state index in [-0.39, 0.29) is 12.4 Å². The normalized spacial score (nSPS) is 13.5. The van der Waals surface area contributed by atoms with Crippen LogP contribution in [0.2, 0.25) is 0 Å². The molecule has 94 valence electrons. The minimum atomic E-state index is -0.516. The van der Waals surface area contributed by atoms with Crippen molar-refractivity contribution in [2.24, 2.45) is 5.16 Å². The number of aliphatic hydroxyl groups excluding tert-OH is 1. The molecule has 5 nitrogen and oxygen atoms in total. The molecule has 0 aliphatic rings. The Morgan fingerprint density at radius 2 is 2.18 bits per heavy atom. The molecule has 0 fully saturated rings. The molecule has 1 atom stereocenters. The molecule has 0 aromatic heterocycles. The molecule has 0 radical (unpaired) electrons. The van der Waals surface area contributed by atoms with Crippen LogP contribution in [0.5, 0.6) is 11.5 Å². The van der Waals surface area contributed by atoms with Crippen LogP contribution in [0.3, 0.4) is 0 Å². The Kier molecular flexibility index (Phi) is 4.78. The van der Waals surface area contributed by atoms with Gasteiger partial charge in [-0.05, 0) is 25.5 Å². The van der Waals surface area contributed by atoms with Gasteiger partial charge in [-0.1, -0.05) is 12.1 Å². The van der Waals surface area contributed by atoms with Gasteiger partial charge in [-0.2, -0.15) is 0 Å². The summed E-state index contributed by atoms with van der Waals surface area (Å²) in [6.45, 7) is 3.62. The summed E-state index contributed by atoms with van der Waals surface area (Å²) in [6.07, 6.45) is 0.0953. The summed E-state index contributed by atoms with van der Waals surface area (Å²) >= 11 is 0. The molecule has 0 amide bonds. The molecule has 1 rings (SSSR count). The predicted molar refractivity (Wildman–Crippen MR) is 63.9 cm³/mol. The van der Waals surface area contributed by atoms with Gasteiger partial charge in [0, 0.05) is 11.6 Å². The van der Waals surface area contributed by atoms with E-state index in [9.17, 15) is 10.2 Å². The van der Waals surface area contributed by atoms with E-state index in [2.05, 4.69) is 5.16 Å². The van der Waals surface area contributed by atoms with Crippen LogP contribution in [-0.2, 0) is 0 Å². The molecule has 0 saturated carbocycles. The molecule has 0 bridgehead atoms. The molecular weight excluding hydrogens is 222 g/mol. The molecule has 1 aromatic carbocycles. The highest BCUT2D eigenvalue weighted by Gasteiger charge is 2.08. The van der Waals surface area contributed by atoms with Gasteiger partial charge in [-0.3, -0.25) is 0 Å². The summed E-state index contributed by atoms with van der Waals surface area (Å²) in [5.74, 6) is 0.438. The second-order valence-electron chi connectivity index (χ2n) is 3.74. The molecule has 5 heteroatoms. The molecule has 0 aliphatic heterocycles. The standard InChI is InChI=1S/C12H17NO4/c1-3-9(14)7-17-10-4-5-11(8(2)13-16)12(15)6-10/h4-6,9,14-16H,3,7H2,1-2H3/b13-8-/t9-/m0/s1. The lowest BCUT2D eigenvalue weighted by molar-refractivity contribution is 0.104. The topological polar surface area (TPSA) is 82.3 Å². The van der Waals surface area contributed by atoms with Crippen molar-refractivity contribution in [2.45, 2.75) is 26.4 Å². The third-order valence-electron chi connectivity index (χ3n) is 2.42. The zero-order valence-corrected chi connectivity index (χ0v) is 9.92. The number of benzene rings is 1. The summed E-state index contributed by atoms with van der Waals surface area (Å²) in [5.41, 5.74) is 0.763. The first kappa shape index (κ1) is 13.3. The number of phenolic OH excluding ortho intramolecular Hbond substituents is 1.